The molecule has 3 aromatic rings. The van der Waals surface area contributed by atoms with Gasteiger partial charge in [0.05, 0.1) is 31.0 Å². The molecule has 5 nitrogen and oxygen atoms in total. The zero-order valence-electron chi connectivity index (χ0n) is 13.8. The lowest BCUT2D eigenvalue weighted by Crippen LogP contribution is -2.02. The summed E-state index contributed by atoms with van der Waals surface area (Å²) < 4.78 is 10.2. The Morgan fingerprint density at radius 3 is 2.58 bits per heavy atom. The highest BCUT2D eigenvalue weighted by Gasteiger charge is 2.11. The highest BCUT2D eigenvalue weighted by atomic mass is 16.5. The fraction of sp³-hybridized carbons (Fsp3) is 0.158. The number of rotatable bonds is 4. The van der Waals surface area contributed by atoms with Crippen LogP contribution in [0.2, 0.25) is 0 Å². The summed E-state index contributed by atoms with van der Waals surface area (Å²) in [5.74, 6) is 0.366. The number of hydrogen-bond acceptors (Lipinski definition) is 5. The Morgan fingerprint density at radius 1 is 1.04 bits per heavy atom. The minimum Gasteiger partial charge on any atom is -0.495 e. The van der Waals surface area contributed by atoms with Crippen LogP contribution in [0.3, 0.4) is 0 Å². The predicted octanol–water partition coefficient (Wildman–Crippen LogP) is 4.08. The first-order chi connectivity index (χ1) is 11.6. The molecule has 0 atom stereocenters. The fourth-order valence-electron chi connectivity index (χ4n) is 2.60. The third-order valence-electron chi connectivity index (χ3n) is 3.73. The first-order valence-corrected chi connectivity index (χ1v) is 7.52. The van der Waals surface area contributed by atoms with Gasteiger partial charge in [-0.3, -0.25) is 4.98 Å². The van der Waals surface area contributed by atoms with Crippen LogP contribution in [0, 0.1) is 6.92 Å². The summed E-state index contributed by atoms with van der Waals surface area (Å²) in [4.78, 5) is 16.3. The van der Waals surface area contributed by atoms with Crippen molar-refractivity contribution in [2.45, 2.75) is 6.92 Å². The number of fused-ring (bicyclic) bond motifs is 1. The number of para-hydroxylation sites is 2. The van der Waals surface area contributed by atoms with E-state index in [9.17, 15) is 4.79 Å². The highest BCUT2D eigenvalue weighted by Crippen LogP contribution is 2.31. The van der Waals surface area contributed by atoms with Crippen LogP contribution in [-0.2, 0) is 4.74 Å². The second-order valence-corrected chi connectivity index (χ2v) is 5.36. The van der Waals surface area contributed by atoms with Gasteiger partial charge in [0.1, 0.15) is 5.75 Å². The summed E-state index contributed by atoms with van der Waals surface area (Å²) in [6, 6.07) is 14.9. The van der Waals surface area contributed by atoms with Crippen LogP contribution in [-0.4, -0.2) is 25.2 Å². The molecule has 1 heterocycles. The van der Waals surface area contributed by atoms with Crippen molar-refractivity contribution in [3.8, 4) is 5.75 Å². The second kappa shape index (κ2) is 6.58. The molecule has 0 saturated heterocycles. The van der Waals surface area contributed by atoms with Crippen molar-refractivity contribution in [3.05, 3.63) is 59.8 Å². The first kappa shape index (κ1) is 15.8. The Kier molecular flexibility index (Phi) is 4.33. The summed E-state index contributed by atoms with van der Waals surface area (Å²) in [5, 5.41) is 4.22. The molecule has 0 amide bonds. The average Bonchev–Trinajstić information content (AvgIpc) is 2.61. The zero-order valence-corrected chi connectivity index (χ0v) is 13.8. The summed E-state index contributed by atoms with van der Waals surface area (Å²) in [6.07, 6.45) is 0. The van der Waals surface area contributed by atoms with Gasteiger partial charge in [-0.15, -0.1) is 0 Å². The van der Waals surface area contributed by atoms with Crippen molar-refractivity contribution in [3.63, 3.8) is 0 Å². The number of pyridine rings is 1. The molecule has 1 aromatic heterocycles. The number of nitrogens with one attached hydrogen (secondary N) is 1. The number of ether oxygens (including phenoxy) is 2. The number of carbonyl (C=O) groups excluding carboxylic acids is 1. The predicted molar refractivity (Wildman–Crippen MR) is 94.1 cm³/mol. The van der Waals surface area contributed by atoms with Gasteiger partial charge >= 0.3 is 5.97 Å². The van der Waals surface area contributed by atoms with Gasteiger partial charge in [0, 0.05) is 16.8 Å². The molecule has 0 radical (unpaired) electrons. The van der Waals surface area contributed by atoms with Crippen LogP contribution in [0.4, 0.5) is 11.4 Å². The van der Waals surface area contributed by atoms with E-state index in [0.717, 1.165) is 33.7 Å². The van der Waals surface area contributed by atoms with Crippen LogP contribution >= 0.6 is 0 Å². The molecule has 24 heavy (non-hydrogen) atoms. The number of nitrogens with zero attached hydrogens (tertiary/aromatic N) is 1. The molecule has 0 fully saturated rings. The number of aryl methyl sites for hydroxylation is 1. The second-order valence-electron chi connectivity index (χ2n) is 5.36. The Morgan fingerprint density at radius 2 is 1.83 bits per heavy atom. The standard InChI is InChI=1S/C19H18N2O3/c1-12-10-17(21-16-6-4-5-7-18(16)23-2)14-11-13(19(22)24-3)8-9-15(14)20-12/h4-11H,1-3H3,(H,20,21). The minimum atomic E-state index is -0.374. The van der Waals surface area contributed by atoms with Gasteiger partial charge < -0.3 is 14.8 Å². The SMILES string of the molecule is COC(=O)c1ccc2nc(C)cc(Nc3ccccc3OC)c2c1. The highest BCUT2D eigenvalue weighted by molar-refractivity contribution is 6.00. The number of esters is 1. The van der Waals surface area contributed by atoms with E-state index < -0.39 is 0 Å². The van der Waals surface area contributed by atoms with E-state index in [0.29, 0.717) is 5.56 Å². The fourth-order valence-corrected chi connectivity index (χ4v) is 2.60. The number of benzene rings is 2. The maximum absolute atomic E-state index is 11.8. The maximum Gasteiger partial charge on any atom is 0.337 e. The minimum absolute atomic E-state index is 0.374. The van der Waals surface area contributed by atoms with Gasteiger partial charge in [0.25, 0.3) is 0 Å². The smallest absolute Gasteiger partial charge is 0.337 e. The van der Waals surface area contributed by atoms with E-state index in [4.69, 9.17) is 9.47 Å². The Balaban J connectivity index is 2.13. The van der Waals surface area contributed by atoms with Crippen LogP contribution in [0.1, 0.15) is 16.1 Å². The number of hydrogen-bond donors (Lipinski definition) is 1. The number of carbonyl (C=O) groups is 1. The van der Waals surface area contributed by atoms with Gasteiger partial charge in [-0.05, 0) is 43.3 Å². The Labute approximate surface area is 140 Å². The van der Waals surface area contributed by atoms with Crippen LogP contribution < -0.4 is 10.1 Å². The zero-order chi connectivity index (χ0) is 17.1. The van der Waals surface area contributed by atoms with Crippen molar-refractivity contribution in [2.75, 3.05) is 19.5 Å². The lowest BCUT2D eigenvalue weighted by Gasteiger charge is -2.14. The van der Waals surface area contributed by atoms with E-state index in [2.05, 4.69) is 10.3 Å². The molecule has 0 aliphatic carbocycles. The molecule has 0 spiro atoms. The van der Waals surface area contributed by atoms with Gasteiger partial charge in [-0.25, -0.2) is 4.79 Å². The van der Waals surface area contributed by atoms with Crippen molar-refractivity contribution in [2.24, 2.45) is 0 Å². The van der Waals surface area contributed by atoms with Crippen LogP contribution in [0.5, 0.6) is 5.75 Å². The number of anilines is 2. The Bertz CT molecular complexity index is 906. The molecular weight excluding hydrogens is 304 g/mol. The largest absolute Gasteiger partial charge is 0.495 e. The molecular formula is C19H18N2O3. The lowest BCUT2D eigenvalue weighted by atomic mass is 10.1. The molecule has 3 rings (SSSR count). The van der Waals surface area contributed by atoms with E-state index in [1.807, 2.05) is 43.3 Å². The van der Waals surface area contributed by atoms with E-state index in [1.54, 1.807) is 19.2 Å². The third kappa shape index (κ3) is 3.01. The summed E-state index contributed by atoms with van der Waals surface area (Å²) in [6.45, 7) is 1.93. The monoisotopic (exact) mass is 322 g/mol. The summed E-state index contributed by atoms with van der Waals surface area (Å²) >= 11 is 0. The Hall–Kier alpha value is -3.08. The normalized spacial score (nSPS) is 10.5. The van der Waals surface area contributed by atoms with E-state index >= 15 is 0 Å². The van der Waals surface area contributed by atoms with E-state index in [1.165, 1.54) is 7.11 Å². The van der Waals surface area contributed by atoms with Crippen molar-refractivity contribution >= 4 is 28.2 Å². The van der Waals surface area contributed by atoms with Crippen molar-refractivity contribution in [1.29, 1.82) is 0 Å². The van der Waals surface area contributed by atoms with E-state index in [-0.39, 0.29) is 5.97 Å². The average molecular weight is 322 g/mol. The lowest BCUT2D eigenvalue weighted by molar-refractivity contribution is 0.0601. The molecule has 0 saturated carbocycles. The first-order valence-electron chi connectivity index (χ1n) is 7.52. The van der Waals surface area contributed by atoms with Gasteiger partial charge in [-0.1, -0.05) is 12.1 Å². The van der Waals surface area contributed by atoms with Gasteiger partial charge in [0.15, 0.2) is 0 Å². The van der Waals surface area contributed by atoms with Crippen LogP contribution in [0.25, 0.3) is 10.9 Å². The molecule has 2 aromatic carbocycles. The molecule has 0 aliphatic rings. The summed E-state index contributed by atoms with van der Waals surface area (Å²) in [7, 11) is 3.00. The third-order valence-corrected chi connectivity index (χ3v) is 3.73. The molecule has 1 N–H and O–H groups in total. The summed E-state index contributed by atoms with van der Waals surface area (Å²) in [5.41, 5.74) is 3.87. The topological polar surface area (TPSA) is 60.5 Å². The van der Waals surface area contributed by atoms with Gasteiger partial charge in [-0.2, -0.15) is 0 Å². The van der Waals surface area contributed by atoms with Crippen LogP contribution in [0.15, 0.2) is 48.5 Å². The van der Waals surface area contributed by atoms with Crippen molar-refractivity contribution in [1.82, 2.24) is 4.98 Å². The maximum atomic E-state index is 11.8. The number of methoxy groups -OCH3 is 2. The molecule has 0 aliphatic heterocycles. The molecule has 5 heteroatoms. The molecule has 122 valence electrons. The quantitative estimate of drug-likeness (QED) is 0.733. The molecule has 0 bridgehead atoms. The molecule has 0 unspecified atom stereocenters. The number of aromatic nitrogens is 1. The van der Waals surface area contributed by atoms with Gasteiger partial charge in [0.2, 0.25) is 0 Å². The van der Waals surface area contributed by atoms with Crippen molar-refractivity contribution < 1.29 is 14.3 Å².